The molecule has 2 amide bonds. The number of methoxy groups -OCH3 is 1. The van der Waals surface area contributed by atoms with Gasteiger partial charge in [0.2, 0.25) is 10.9 Å². The minimum atomic E-state index is -1.19. The Morgan fingerprint density at radius 3 is 1.49 bits per heavy atom. The number of halogens is 8. The predicted octanol–water partition coefficient (Wildman–Crippen LogP) is -1.51. The van der Waals surface area contributed by atoms with Gasteiger partial charge in [-0.3, -0.25) is 28.8 Å². The van der Waals surface area contributed by atoms with Crippen molar-refractivity contribution in [2.75, 3.05) is 7.11 Å². The molecule has 6 heterocycles. The van der Waals surface area contributed by atoms with Gasteiger partial charge in [0.05, 0.1) is 43.4 Å². The summed E-state index contributed by atoms with van der Waals surface area (Å²) in [6.07, 6.45) is 6.88. The summed E-state index contributed by atoms with van der Waals surface area (Å²) in [5.74, 6) is -11.0. The number of fused-ring (bicyclic) bond motifs is 10. The Kier molecular flexibility index (Phi) is 16.2. The number of carbonyl (C=O) groups excluding carboxylic acids is 4. The fraction of sp³-hybridized carbons (Fsp3) is 0.422. The molecule has 0 spiro atoms. The Morgan fingerprint density at radius 1 is 0.662 bits per heavy atom. The first kappa shape index (κ1) is 52.8. The van der Waals surface area contributed by atoms with E-state index in [1.54, 1.807) is 0 Å². The summed E-state index contributed by atoms with van der Waals surface area (Å²) < 4.78 is 102. The number of aromatic nitrogens is 2. The Balaban J connectivity index is 0.000000215. The minimum Gasteiger partial charge on any atom is -1.00 e. The van der Waals surface area contributed by atoms with Gasteiger partial charge < -0.3 is 73.0 Å². The third-order valence-corrected chi connectivity index (χ3v) is 13.5. The molecule has 4 unspecified atom stereocenters. The van der Waals surface area contributed by atoms with Crippen LogP contribution in [-0.2, 0) is 35.7 Å². The Bertz CT molecular complexity index is 2790. The molecule has 4 fully saturated rings. The van der Waals surface area contributed by atoms with E-state index in [0.717, 1.165) is 44.7 Å². The van der Waals surface area contributed by atoms with E-state index in [9.17, 15) is 60.2 Å². The summed E-state index contributed by atoms with van der Waals surface area (Å²) in [6.45, 7) is -0.782. The van der Waals surface area contributed by atoms with E-state index in [1.807, 2.05) is 0 Å². The van der Waals surface area contributed by atoms with Crippen molar-refractivity contribution in [2.24, 2.45) is 23.7 Å². The monoisotopic (exact) mass is 1090 g/mol. The number of aromatic hydroxyl groups is 1. The molecule has 2 saturated heterocycles. The van der Waals surface area contributed by atoms with Crippen LogP contribution in [0.25, 0.3) is 0 Å². The SMILES string of the molecule is COc1c2n(cc(C(=O)NCc3c(F)cc(F)cc3F)c1=O)C[C@H]1OC3CCC(C3)[C@@H]1C2=O.O=C(NCc1c(F)cc(F)cc1F)c1cn2c(c(O)c1=O)C(=O)[C@H]1C3CCC(C3)O[C@@H]1C2.[Br-].[Br-].[Mg+2]. The minimum absolute atomic E-state index is 0. The normalized spacial score (nSPS) is 24.5. The molecule has 6 aliphatic rings. The first-order valence-electron chi connectivity index (χ1n) is 21.0. The van der Waals surface area contributed by atoms with Crippen molar-refractivity contribution in [2.45, 2.75) is 89.1 Å². The number of ether oxygens (including phenoxy) is 3. The van der Waals surface area contributed by atoms with Gasteiger partial charge in [0, 0.05) is 74.0 Å². The Morgan fingerprint density at radius 2 is 1.06 bits per heavy atom. The molecule has 2 saturated carbocycles. The zero-order chi connectivity index (χ0) is 46.2. The summed E-state index contributed by atoms with van der Waals surface area (Å²) in [6, 6.07) is 1.95. The van der Waals surface area contributed by atoms with Crippen LogP contribution in [0.3, 0.4) is 0 Å². The number of ketones is 2. The van der Waals surface area contributed by atoms with Gasteiger partial charge in [-0.25, -0.2) is 26.3 Å². The van der Waals surface area contributed by atoms with E-state index >= 15 is 0 Å². The van der Waals surface area contributed by atoms with Gasteiger partial charge in [-0.1, -0.05) is 0 Å². The van der Waals surface area contributed by atoms with Gasteiger partial charge in [0.1, 0.15) is 57.4 Å². The third-order valence-electron chi connectivity index (χ3n) is 13.5. The van der Waals surface area contributed by atoms with E-state index in [4.69, 9.17) is 14.2 Å². The van der Waals surface area contributed by atoms with Crippen LogP contribution in [0.1, 0.15) is 91.3 Å². The molecular weight excluding hydrogens is 1050 g/mol. The van der Waals surface area contributed by atoms with Crippen molar-refractivity contribution in [3.05, 3.63) is 126 Å². The van der Waals surface area contributed by atoms with Gasteiger partial charge in [0.25, 0.3) is 11.8 Å². The molecular formula is C45H40Br2F6MgN4O10. The fourth-order valence-corrected chi connectivity index (χ4v) is 10.5. The molecule has 2 aliphatic carbocycles. The largest absolute Gasteiger partial charge is 2.00 e. The Hall–Kier alpha value is -4.55. The van der Waals surface area contributed by atoms with Crippen LogP contribution in [0.15, 0.2) is 46.2 Å². The van der Waals surface area contributed by atoms with Crippen LogP contribution in [0.4, 0.5) is 26.3 Å². The number of pyridine rings is 2. The van der Waals surface area contributed by atoms with E-state index in [0.29, 0.717) is 24.3 Å². The zero-order valence-electron chi connectivity index (χ0n) is 35.9. The number of hydrogen-bond acceptors (Lipinski definition) is 10. The molecule has 14 nitrogen and oxygen atoms in total. The van der Waals surface area contributed by atoms with Gasteiger partial charge in [-0.2, -0.15) is 0 Å². The maximum atomic E-state index is 13.9. The summed E-state index contributed by atoms with van der Waals surface area (Å²) in [4.78, 5) is 77.4. The molecule has 358 valence electrons. The number of carbonyl (C=O) groups is 4. The molecule has 4 aliphatic heterocycles. The number of nitrogens with zero attached hydrogens (tertiary/aromatic N) is 2. The molecule has 68 heavy (non-hydrogen) atoms. The van der Waals surface area contributed by atoms with Gasteiger partial charge in [0.15, 0.2) is 23.1 Å². The predicted molar refractivity (Wildman–Crippen MR) is 218 cm³/mol. The molecule has 23 heteroatoms. The van der Waals surface area contributed by atoms with Crippen molar-refractivity contribution >= 4 is 46.4 Å². The smallest absolute Gasteiger partial charge is 1.00 e. The molecule has 4 bridgehead atoms. The molecule has 2 aromatic carbocycles. The van der Waals surface area contributed by atoms with Gasteiger partial charge in [-0.15, -0.1) is 0 Å². The first-order valence-corrected chi connectivity index (χ1v) is 21.0. The average Bonchev–Trinajstić information content (AvgIpc) is 3.82. The van der Waals surface area contributed by atoms with Crippen molar-refractivity contribution in [1.82, 2.24) is 19.8 Å². The Labute approximate surface area is 419 Å². The summed E-state index contributed by atoms with van der Waals surface area (Å²) in [7, 11) is 1.24. The van der Waals surface area contributed by atoms with E-state index in [2.05, 4.69) is 10.6 Å². The molecule has 10 rings (SSSR count). The molecule has 0 radical (unpaired) electrons. The topological polar surface area (TPSA) is 184 Å². The third kappa shape index (κ3) is 9.54. The number of rotatable bonds is 7. The number of Topliss-reactive ketones (excluding diaryl/α,β-unsaturated/α-hetero) is 2. The molecule has 8 atom stereocenters. The van der Waals surface area contributed by atoms with Crippen molar-refractivity contribution in [3.8, 4) is 11.5 Å². The standard InChI is InChI=1S/C23H21F3N2O5.C22H19F3N2O5.2BrH.Mg/c1-32-22-19-21(30)18-10-2-3-12(4-10)33-17(18)9-28(19)8-14(20(22)29)23(31)27-7-13-15(25)5-11(24)6-16(13)26;23-10-4-14(24)12(15(25)5-10)6-26-22(31)13-7-27-8-16-17(9-1-2-11(3-9)32-16)20(29)18(27)21(30)19(13)28;;;/h5-6,8,10,12,17-18H,2-4,7,9H2,1H3,(H,27,31);4-5,7,9,11,16-17,30H,1-3,6,8H2,(H,26,31);2*1H;/q;;;;+2/p-2/t10?,12?,17-,18+;9?,11?,16-,17+;;;/m11.../s1. The van der Waals surface area contributed by atoms with Crippen LogP contribution in [0, 0.1) is 58.6 Å². The van der Waals surface area contributed by atoms with Crippen LogP contribution >= 0.6 is 0 Å². The van der Waals surface area contributed by atoms with E-state index in [1.165, 1.54) is 22.4 Å². The van der Waals surface area contributed by atoms with E-state index < -0.39 is 105 Å². The fourth-order valence-electron chi connectivity index (χ4n) is 10.5. The maximum absolute atomic E-state index is 13.9. The molecule has 2 aromatic heterocycles. The average molecular weight is 1090 g/mol. The van der Waals surface area contributed by atoms with Crippen molar-refractivity contribution < 1.29 is 98.8 Å². The second kappa shape index (κ2) is 20.8. The first-order chi connectivity index (χ1) is 31.0. The second-order valence-corrected chi connectivity index (χ2v) is 17.2. The number of hydrogen-bond donors (Lipinski definition) is 3. The second-order valence-electron chi connectivity index (χ2n) is 17.2. The van der Waals surface area contributed by atoms with Crippen LogP contribution in [-0.4, -0.2) is 92.2 Å². The van der Waals surface area contributed by atoms with Crippen molar-refractivity contribution in [1.29, 1.82) is 0 Å². The maximum Gasteiger partial charge on any atom is 2.00 e. The number of amides is 2. The summed E-state index contributed by atoms with van der Waals surface area (Å²) in [5, 5.41) is 15.0. The van der Waals surface area contributed by atoms with Gasteiger partial charge >= 0.3 is 23.1 Å². The van der Waals surface area contributed by atoms with Crippen LogP contribution in [0.2, 0.25) is 0 Å². The quantitative estimate of drug-likeness (QED) is 0.146. The zero-order valence-corrected chi connectivity index (χ0v) is 40.5. The van der Waals surface area contributed by atoms with Gasteiger partial charge in [-0.05, 0) is 50.4 Å². The summed E-state index contributed by atoms with van der Waals surface area (Å²) in [5.41, 5.74) is -3.86. The number of benzene rings is 2. The number of nitrogens with one attached hydrogen (secondary N) is 2. The summed E-state index contributed by atoms with van der Waals surface area (Å²) >= 11 is 0. The van der Waals surface area contributed by atoms with E-state index in [-0.39, 0.29) is 140 Å². The van der Waals surface area contributed by atoms with Crippen LogP contribution < -0.4 is 60.2 Å². The van der Waals surface area contributed by atoms with Crippen molar-refractivity contribution in [3.63, 3.8) is 0 Å². The van der Waals surface area contributed by atoms with Crippen LogP contribution in [0.5, 0.6) is 11.5 Å². The molecule has 4 aromatic rings. The molecule has 3 N–H and O–H groups in total.